The molecule has 6 heteroatoms. The first-order valence-electron chi connectivity index (χ1n) is 6.05. The van der Waals surface area contributed by atoms with Gasteiger partial charge in [0.05, 0.1) is 24.0 Å². The van der Waals surface area contributed by atoms with Gasteiger partial charge in [0.15, 0.2) is 0 Å². The number of aromatic nitrogens is 2. The molecule has 0 saturated heterocycles. The lowest BCUT2D eigenvalue weighted by Crippen LogP contribution is -2.27. The van der Waals surface area contributed by atoms with Crippen LogP contribution in [0.15, 0.2) is 18.2 Å². The molecule has 0 aliphatic heterocycles. The molecule has 1 aromatic carbocycles. The van der Waals surface area contributed by atoms with Gasteiger partial charge in [-0.3, -0.25) is 4.79 Å². The molecule has 2 rings (SSSR count). The zero-order chi connectivity index (χ0) is 13.8. The van der Waals surface area contributed by atoms with E-state index in [4.69, 9.17) is 16.3 Å². The molecule has 0 unspecified atom stereocenters. The molecule has 0 aliphatic carbocycles. The Bertz CT molecular complexity index is 595. The van der Waals surface area contributed by atoms with Crippen molar-refractivity contribution < 1.29 is 9.53 Å². The van der Waals surface area contributed by atoms with E-state index in [0.29, 0.717) is 12.4 Å². The third-order valence-corrected chi connectivity index (χ3v) is 3.07. The highest BCUT2D eigenvalue weighted by Crippen LogP contribution is 2.22. The summed E-state index contributed by atoms with van der Waals surface area (Å²) >= 11 is 5.89. The number of carbonyl (C=O) groups excluding carboxylic acids is 1. The molecule has 2 aromatic rings. The minimum Gasteiger partial charge on any atom is -0.497 e. The van der Waals surface area contributed by atoms with E-state index < -0.39 is 0 Å². The first kappa shape index (κ1) is 13.7. The Kier molecular flexibility index (Phi) is 4.27. The monoisotopic (exact) mass is 281 g/mol. The zero-order valence-electron chi connectivity index (χ0n) is 10.9. The fraction of sp³-hybridized carbons (Fsp3) is 0.385. The normalized spacial score (nSPS) is 10.7. The predicted octanol–water partition coefficient (Wildman–Crippen LogP) is 1.92. The smallest absolute Gasteiger partial charge is 0.239 e. The number of amides is 1. The molecule has 1 N–H and O–H groups in total. The maximum Gasteiger partial charge on any atom is 0.239 e. The van der Waals surface area contributed by atoms with Gasteiger partial charge in [0, 0.05) is 12.6 Å². The Labute approximate surface area is 116 Å². The third kappa shape index (κ3) is 2.81. The second-order valence-corrected chi connectivity index (χ2v) is 4.32. The van der Waals surface area contributed by atoms with E-state index in [-0.39, 0.29) is 18.3 Å². The Morgan fingerprint density at radius 3 is 2.95 bits per heavy atom. The SMILES string of the molecule is CCNC(=O)Cn1c(CCl)nc2ccc(OC)cc21. The molecule has 1 aromatic heterocycles. The van der Waals surface area contributed by atoms with Crippen molar-refractivity contribution in [3.63, 3.8) is 0 Å². The van der Waals surface area contributed by atoms with Crippen LogP contribution in [0.25, 0.3) is 11.0 Å². The van der Waals surface area contributed by atoms with Crippen LogP contribution in [0.1, 0.15) is 12.7 Å². The second-order valence-electron chi connectivity index (χ2n) is 4.06. The Hall–Kier alpha value is -1.75. The molecule has 0 bridgehead atoms. The summed E-state index contributed by atoms with van der Waals surface area (Å²) in [5, 5.41) is 2.77. The summed E-state index contributed by atoms with van der Waals surface area (Å²) in [6.45, 7) is 2.69. The summed E-state index contributed by atoms with van der Waals surface area (Å²) in [5.74, 6) is 1.61. The van der Waals surface area contributed by atoms with Gasteiger partial charge in [-0.2, -0.15) is 0 Å². The number of carbonyl (C=O) groups is 1. The van der Waals surface area contributed by atoms with Crippen LogP contribution in [-0.2, 0) is 17.2 Å². The maximum absolute atomic E-state index is 11.7. The first-order chi connectivity index (χ1) is 9.19. The highest BCUT2D eigenvalue weighted by atomic mass is 35.5. The van der Waals surface area contributed by atoms with Crippen LogP contribution in [0.3, 0.4) is 0 Å². The van der Waals surface area contributed by atoms with E-state index in [1.165, 1.54) is 0 Å². The number of fused-ring (bicyclic) bond motifs is 1. The quantitative estimate of drug-likeness (QED) is 0.852. The highest BCUT2D eigenvalue weighted by Gasteiger charge is 2.13. The number of rotatable bonds is 5. The second kappa shape index (κ2) is 5.93. The number of methoxy groups -OCH3 is 1. The number of imidazole rings is 1. The van der Waals surface area contributed by atoms with Gasteiger partial charge in [0.1, 0.15) is 18.1 Å². The summed E-state index contributed by atoms with van der Waals surface area (Å²) < 4.78 is 7.01. The molecule has 0 fully saturated rings. The molecule has 1 heterocycles. The fourth-order valence-electron chi connectivity index (χ4n) is 1.95. The number of hydrogen-bond acceptors (Lipinski definition) is 3. The van der Waals surface area contributed by atoms with Crippen LogP contribution in [0.4, 0.5) is 0 Å². The van der Waals surface area contributed by atoms with Gasteiger partial charge in [-0.25, -0.2) is 4.98 Å². The van der Waals surface area contributed by atoms with Crippen molar-refractivity contribution in [3.8, 4) is 5.75 Å². The number of halogens is 1. The van der Waals surface area contributed by atoms with Gasteiger partial charge in [0.2, 0.25) is 5.91 Å². The van der Waals surface area contributed by atoms with Crippen LogP contribution in [0.5, 0.6) is 5.75 Å². The molecular formula is C13H16ClN3O2. The lowest BCUT2D eigenvalue weighted by Gasteiger charge is -2.08. The summed E-state index contributed by atoms with van der Waals surface area (Å²) in [4.78, 5) is 16.2. The van der Waals surface area contributed by atoms with Gasteiger partial charge in [-0.05, 0) is 19.1 Å². The predicted molar refractivity (Wildman–Crippen MR) is 74.5 cm³/mol. The first-order valence-corrected chi connectivity index (χ1v) is 6.58. The van der Waals surface area contributed by atoms with Crippen molar-refractivity contribution in [2.75, 3.05) is 13.7 Å². The molecule has 0 radical (unpaired) electrons. The molecule has 0 spiro atoms. The lowest BCUT2D eigenvalue weighted by molar-refractivity contribution is -0.121. The van der Waals surface area contributed by atoms with E-state index in [2.05, 4.69) is 10.3 Å². The molecule has 19 heavy (non-hydrogen) atoms. The van der Waals surface area contributed by atoms with Gasteiger partial charge >= 0.3 is 0 Å². The molecule has 0 aliphatic rings. The Morgan fingerprint density at radius 1 is 1.53 bits per heavy atom. The van der Waals surface area contributed by atoms with E-state index in [1.807, 2.05) is 29.7 Å². The highest BCUT2D eigenvalue weighted by molar-refractivity contribution is 6.16. The number of hydrogen-bond donors (Lipinski definition) is 1. The van der Waals surface area contributed by atoms with Crippen molar-refractivity contribution >= 4 is 28.5 Å². The van der Waals surface area contributed by atoms with E-state index in [1.54, 1.807) is 7.11 Å². The van der Waals surface area contributed by atoms with Crippen molar-refractivity contribution in [2.45, 2.75) is 19.3 Å². The minimum absolute atomic E-state index is 0.0593. The molecule has 1 amide bonds. The van der Waals surface area contributed by atoms with Gasteiger partial charge in [0.25, 0.3) is 0 Å². The maximum atomic E-state index is 11.7. The largest absolute Gasteiger partial charge is 0.497 e. The van der Waals surface area contributed by atoms with E-state index in [9.17, 15) is 4.79 Å². The van der Waals surface area contributed by atoms with Crippen molar-refractivity contribution in [1.29, 1.82) is 0 Å². The zero-order valence-corrected chi connectivity index (χ0v) is 11.7. The summed E-state index contributed by atoms with van der Waals surface area (Å²) in [6.07, 6.45) is 0. The molecule has 102 valence electrons. The molecular weight excluding hydrogens is 266 g/mol. The van der Waals surface area contributed by atoms with Crippen molar-refractivity contribution in [2.24, 2.45) is 0 Å². The Balaban J connectivity index is 2.45. The van der Waals surface area contributed by atoms with Crippen molar-refractivity contribution in [1.82, 2.24) is 14.9 Å². The van der Waals surface area contributed by atoms with Crippen molar-refractivity contribution in [3.05, 3.63) is 24.0 Å². The van der Waals surface area contributed by atoms with Crippen LogP contribution in [-0.4, -0.2) is 29.1 Å². The van der Waals surface area contributed by atoms with Crippen LogP contribution in [0.2, 0.25) is 0 Å². The summed E-state index contributed by atoms with van der Waals surface area (Å²) in [5.41, 5.74) is 1.65. The van der Waals surface area contributed by atoms with Gasteiger partial charge < -0.3 is 14.6 Å². The van der Waals surface area contributed by atoms with Crippen LogP contribution < -0.4 is 10.1 Å². The number of ether oxygens (including phenoxy) is 1. The van der Waals surface area contributed by atoms with Gasteiger partial charge in [-0.15, -0.1) is 11.6 Å². The number of nitrogens with one attached hydrogen (secondary N) is 1. The average molecular weight is 282 g/mol. The number of benzene rings is 1. The molecule has 0 atom stereocenters. The topological polar surface area (TPSA) is 56.2 Å². The lowest BCUT2D eigenvalue weighted by atomic mass is 10.3. The third-order valence-electron chi connectivity index (χ3n) is 2.83. The standard InChI is InChI=1S/C13H16ClN3O2/c1-3-15-13(18)8-17-11-6-9(19-2)4-5-10(11)16-12(17)7-14/h4-6H,3,7-8H2,1-2H3,(H,15,18). The average Bonchev–Trinajstić information content (AvgIpc) is 2.76. The Morgan fingerprint density at radius 2 is 2.32 bits per heavy atom. The number of likely N-dealkylation sites (N-methyl/N-ethyl adjacent to an activating group) is 1. The minimum atomic E-state index is -0.0593. The fourth-order valence-corrected chi connectivity index (χ4v) is 2.16. The summed E-state index contributed by atoms with van der Waals surface area (Å²) in [7, 11) is 1.61. The van der Waals surface area contributed by atoms with Crippen LogP contribution >= 0.6 is 11.6 Å². The summed E-state index contributed by atoms with van der Waals surface area (Å²) in [6, 6.07) is 5.56. The van der Waals surface area contributed by atoms with Crippen LogP contribution in [0, 0.1) is 0 Å². The number of alkyl halides is 1. The molecule has 0 saturated carbocycles. The van der Waals surface area contributed by atoms with E-state index >= 15 is 0 Å². The van der Waals surface area contributed by atoms with Gasteiger partial charge in [-0.1, -0.05) is 0 Å². The molecule has 5 nitrogen and oxygen atoms in total. The van der Waals surface area contributed by atoms with E-state index in [0.717, 1.165) is 16.8 Å². The number of nitrogens with zero attached hydrogens (tertiary/aromatic N) is 2.